The van der Waals surface area contributed by atoms with E-state index in [1.807, 2.05) is 35.7 Å². The summed E-state index contributed by atoms with van der Waals surface area (Å²) in [6, 6.07) is 12.1. The third kappa shape index (κ3) is 4.70. The zero-order chi connectivity index (χ0) is 15.9. The summed E-state index contributed by atoms with van der Waals surface area (Å²) in [5, 5.41) is 4.91. The Labute approximate surface area is 141 Å². The first-order chi connectivity index (χ1) is 11.3. The Balaban J connectivity index is 1.57. The van der Waals surface area contributed by atoms with Crippen molar-refractivity contribution in [2.45, 2.75) is 25.7 Å². The highest BCUT2D eigenvalue weighted by Gasteiger charge is 2.09. The molecule has 23 heavy (non-hydrogen) atoms. The molecule has 1 fully saturated rings. The van der Waals surface area contributed by atoms with E-state index in [1.165, 1.54) is 31.4 Å². The fourth-order valence-electron chi connectivity index (χ4n) is 2.81. The minimum absolute atomic E-state index is 0.0964. The van der Waals surface area contributed by atoms with Gasteiger partial charge >= 0.3 is 0 Å². The van der Waals surface area contributed by atoms with Gasteiger partial charge in [0, 0.05) is 35.4 Å². The zero-order valence-electron chi connectivity index (χ0n) is 13.2. The number of carbonyl (C=O) groups excluding carboxylic acids is 1. The van der Waals surface area contributed by atoms with Gasteiger partial charge in [-0.05, 0) is 54.6 Å². The van der Waals surface area contributed by atoms with Crippen molar-refractivity contribution < 1.29 is 4.79 Å². The molecule has 1 amide bonds. The predicted molar refractivity (Wildman–Crippen MR) is 99.1 cm³/mol. The molecule has 0 bridgehead atoms. The van der Waals surface area contributed by atoms with Crippen LogP contribution in [0.25, 0.3) is 6.08 Å². The number of carbonyl (C=O) groups is 1. The molecule has 1 N–H and O–H groups in total. The normalized spacial score (nSPS) is 15.6. The summed E-state index contributed by atoms with van der Waals surface area (Å²) in [7, 11) is 0. The van der Waals surface area contributed by atoms with Crippen LogP contribution in [0.1, 0.15) is 30.6 Å². The van der Waals surface area contributed by atoms with Crippen molar-refractivity contribution in [2.24, 2.45) is 0 Å². The summed E-state index contributed by atoms with van der Waals surface area (Å²) in [5.74, 6) is -0.0964. The zero-order valence-corrected chi connectivity index (χ0v) is 14.0. The maximum atomic E-state index is 11.9. The Hall–Kier alpha value is -2.07. The van der Waals surface area contributed by atoms with Gasteiger partial charge in [0.2, 0.25) is 5.91 Å². The van der Waals surface area contributed by atoms with E-state index in [2.05, 4.69) is 22.3 Å². The maximum Gasteiger partial charge on any atom is 0.248 e. The lowest BCUT2D eigenvalue weighted by Gasteiger charge is -2.22. The molecule has 0 saturated carbocycles. The van der Waals surface area contributed by atoms with Gasteiger partial charge in [0.05, 0.1) is 0 Å². The second-order valence-corrected chi connectivity index (χ2v) is 6.77. The summed E-state index contributed by atoms with van der Waals surface area (Å²) in [6.45, 7) is 2.27. The lowest BCUT2D eigenvalue weighted by Crippen LogP contribution is -2.23. The Morgan fingerprint density at radius 1 is 1.04 bits per heavy atom. The van der Waals surface area contributed by atoms with Crippen LogP contribution < -0.4 is 10.2 Å². The first-order valence-electron chi connectivity index (χ1n) is 8.19. The van der Waals surface area contributed by atoms with Crippen molar-refractivity contribution in [3.05, 3.63) is 52.7 Å². The molecule has 0 radical (unpaired) electrons. The standard InChI is InChI=1S/C19H22N2OS/c22-19(12-11-18-6-5-15-23-18)20-16-7-9-17(10-8-16)21-13-3-1-2-4-14-21/h5-12,15H,1-4,13-14H2,(H,20,22)/b12-11+. The number of hydrogen-bond donors (Lipinski definition) is 1. The first-order valence-corrected chi connectivity index (χ1v) is 9.07. The molecule has 3 nitrogen and oxygen atoms in total. The third-order valence-corrected chi connectivity index (χ3v) is 4.89. The number of hydrogen-bond acceptors (Lipinski definition) is 3. The number of benzene rings is 1. The lowest BCUT2D eigenvalue weighted by atomic mass is 10.2. The van der Waals surface area contributed by atoms with E-state index < -0.39 is 0 Å². The average Bonchev–Trinajstić information content (AvgIpc) is 2.94. The number of anilines is 2. The van der Waals surface area contributed by atoms with Crippen molar-refractivity contribution in [2.75, 3.05) is 23.3 Å². The minimum atomic E-state index is -0.0964. The van der Waals surface area contributed by atoms with Gasteiger partial charge in [-0.25, -0.2) is 0 Å². The van der Waals surface area contributed by atoms with Gasteiger partial charge in [-0.3, -0.25) is 4.79 Å². The van der Waals surface area contributed by atoms with Crippen LogP contribution in [0.3, 0.4) is 0 Å². The van der Waals surface area contributed by atoms with E-state index >= 15 is 0 Å². The fourth-order valence-corrected chi connectivity index (χ4v) is 3.43. The Morgan fingerprint density at radius 3 is 2.43 bits per heavy atom. The van der Waals surface area contributed by atoms with Gasteiger partial charge in [0.1, 0.15) is 0 Å². The number of amides is 1. The summed E-state index contributed by atoms with van der Waals surface area (Å²) < 4.78 is 0. The predicted octanol–water partition coefficient (Wildman–Crippen LogP) is 4.78. The molecule has 1 aromatic heterocycles. The summed E-state index contributed by atoms with van der Waals surface area (Å²) in [6.07, 6.45) is 8.63. The Bertz CT molecular complexity index is 639. The van der Waals surface area contributed by atoms with Gasteiger partial charge in [0.25, 0.3) is 0 Å². The van der Waals surface area contributed by atoms with Crippen LogP contribution in [0.5, 0.6) is 0 Å². The van der Waals surface area contributed by atoms with E-state index in [0.717, 1.165) is 23.7 Å². The van der Waals surface area contributed by atoms with E-state index in [9.17, 15) is 4.79 Å². The highest BCUT2D eigenvalue weighted by atomic mass is 32.1. The smallest absolute Gasteiger partial charge is 0.248 e. The average molecular weight is 326 g/mol. The van der Waals surface area contributed by atoms with Crippen molar-refractivity contribution in [3.63, 3.8) is 0 Å². The van der Waals surface area contributed by atoms with Crippen molar-refractivity contribution >= 4 is 34.7 Å². The molecular weight excluding hydrogens is 304 g/mol. The fraction of sp³-hybridized carbons (Fsp3) is 0.316. The van der Waals surface area contributed by atoms with Gasteiger partial charge in [-0.15, -0.1) is 11.3 Å². The monoisotopic (exact) mass is 326 g/mol. The molecule has 120 valence electrons. The van der Waals surface area contributed by atoms with Crippen LogP contribution in [-0.4, -0.2) is 19.0 Å². The molecule has 1 saturated heterocycles. The molecular formula is C19H22N2OS. The van der Waals surface area contributed by atoms with Crippen LogP contribution in [0.4, 0.5) is 11.4 Å². The molecule has 0 unspecified atom stereocenters. The van der Waals surface area contributed by atoms with Crippen LogP contribution in [-0.2, 0) is 4.79 Å². The van der Waals surface area contributed by atoms with Crippen LogP contribution in [0.2, 0.25) is 0 Å². The highest BCUT2D eigenvalue weighted by Crippen LogP contribution is 2.21. The van der Waals surface area contributed by atoms with Gasteiger partial charge < -0.3 is 10.2 Å². The quantitative estimate of drug-likeness (QED) is 0.820. The second-order valence-electron chi connectivity index (χ2n) is 5.79. The minimum Gasteiger partial charge on any atom is -0.372 e. The Morgan fingerprint density at radius 2 is 1.78 bits per heavy atom. The van der Waals surface area contributed by atoms with Crippen molar-refractivity contribution in [1.29, 1.82) is 0 Å². The third-order valence-electron chi connectivity index (χ3n) is 4.05. The molecule has 1 aliphatic rings. The van der Waals surface area contributed by atoms with Crippen molar-refractivity contribution in [3.8, 4) is 0 Å². The van der Waals surface area contributed by atoms with Crippen LogP contribution in [0.15, 0.2) is 47.9 Å². The molecule has 0 atom stereocenters. The molecule has 2 heterocycles. The van der Waals surface area contributed by atoms with Gasteiger partial charge in [-0.1, -0.05) is 18.9 Å². The topological polar surface area (TPSA) is 32.3 Å². The van der Waals surface area contributed by atoms with Crippen LogP contribution >= 0.6 is 11.3 Å². The van der Waals surface area contributed by atoms with E-state index in [-0.39, 0.29) is 5.91 Å². The summed E-state index contributed by atoms with van der Waals surface area (Å²) in [4.78, 5) is 15.5. The molecule has 1 aromatic carbocycles. The molecule has 2 aromatic rings. The lowest BCUT2D eigenvalue weighted by molar-refractivity contribution is -0.111. The number of nitrogens with zero attached hydrogens (tertiary/aromatic N) is 1. The van der Waals surface area contributed by atoms with E-state index in [4.69, 9.17) is 0 Å². The molecule has 4 heteroatoms. The summed E-state index contributed by atoms with van der Waals surface area (Å²) in [5.41, 5.74) is 2.09. The summed E-state index contributed by atoms with van der Waals surface area (Å²) >= 11 is 1.62. The SMILES string of the molecule is O=C(/C=C/c1cccs1)Nc1ccc(N2CCCCCC2)cc1. The number of nitrogens with one attached hydrogen (secondary N) is 1. The highest BCUT2D eigenvalue weighted by molar-refractivity contribution is 7.10. The molecule has 0 aliphatic carbocycles. The van der Waals surface area contributed by atoms with E-state index in [0.29, 0.717) is 0 Å². The molecule has 1 aliphatic heterocycles. The number of rotatable bonds is 4. The second kappa shape index (κ2) is 7.97. The van der Waals surface area contributed by atoms with E-state index in [1.54, 1.807) is 17.4 Å². The number of thiophene rings is 1. The van der Waals surface area contributed by atoms with Crippen LogP contribution in [0, 0.1) is 0 Å². The largest absolute Gasteiger partial charge is 0.372 e. The van der Waals surface area contributed by atoms with Crippen molar-refractivity contribution in [1.82, 2.24) is 0 Å². The Kier molecular flexibility index (Phi) is 5.48. The first kappa shape index (κ1) is 15.8. The molecule has 0 spiro atoms. The maximum absolute atomic E-state index is 11.9. The van der Waals surface area contributed by atoms with Gasteiger partial charge in [0.15, 0.2) is 0 Å². The van der Waals surface area contributed by atoms with Gasteiger partial charge in [-0.2, -0.15) is 0 Å². The molecule has 3 rings (SSSR count).